The van der Waals surface area contributed by atoms with Crippen molar-refractivity contribution in [1.82, 2.24) is 0 Å². The fourth-order valence-corrected chi connectivity index (χ4v) is 7.29. The van der Waals surface area contributed by atoms with Gasteiger partial charge < -0.3 is 4.74 Å². The van der Waals surface area contributed by atoms with E-state index in [9.17, 15) is 0 Å². The van der Waals surface area contributed by atoms with E-state index in [-0.39, 0.29) is 0 Å². The fraction of sp³-hybridized carbons (Fsp3) is 0.0286. The Morgan fingerprint density at radius 1 is 0.541 bits per heavy atom. The predicted octanol–water partition coefficient (Wildman–Crippen LogP) is 8.11. The van der Waals surface area contributed by atoms with Gasteiger partial charge in [0, 0.05) is 0 Å². The maximum absolute atomic E-state index is 6.33. The highest BCUT2D eigenvalue weighted by Gasteiger charge is 2.23. The van der Waals surface area contributed by atoms with E-state index in [1.54, 1.807) is 0 Å². The minimum absolute atomic E-state index is 0.786. The average molecular weight is 495 g/mol. The highest BCUT2D eigenvalue weighted by Crippen LogP contribution is 2.40. The number of hydrogen-bond acceptors (Lipinski definition) is 1. The summed E-state index contributed by atoms with van der Waals surface area (Å²) < 4.78 is 6.33. The number of benzene rings is 5. The molecule has 2 heteroatoms. The molecule has 37 heavy (non-hydrogen) atoms. The molecule has 0 bridgehead atoms. The van der Waals surface area contributed by atoms with E-state index in [0.29, 0.717) is 0 Å². The molecule has 5 aromatic rings. The average Bonchev–Trinajstić information content (AvgIpc) is 3.46. The Kier molecular flexibility index (Phi) is 6.80. The van der Waals surface area contributed by atoms with Gasteiger partial charge in [-0.25, -0.2) is 0 Å². The van der Waals surface area contributed by atoms with Gasteiger partial charge in [-0.15, -0.1) is 0 Å². The second kappa shape index (κ2) is 10.8. The maximum atomic E-state index is 6.33. The second-order valence-corrected chi connectivity index (χ2v) is 11.2. The van der Waals surface area contributed by atoms with Gasteiger partial charge >= 0.3 is 0 Å². The molecule has 0 unspecified atom stereocenters. The van der Waals surface area contributed by atoms with Crippen LogP contribution in [0, 0.1) is 0 Å². The molecule has 6 rings (SSSR count). The molecule has 1 nitrogen and oxygen atoms in total. The van der Waals surface area contributed by atoms with Crippen molar-refractivity contribution >= 4 is 35.0 Å². The lowest BCUT2D eigenvalue weighted by Gasteiger charge is -2.24. The number of hydrogen-bond donors (Lipinski definition) is 0. The highest BCUT2D eigenvalue weighted by atomic mass is 31.1. The molecular weight excluding hydrogens is 467 g/mol. The van der Waals surface area contributed by atoms with Gasteiger partial charge in [-0.3, -0.25) is 0 Å². The Morgan fingerprint density at radius 3 is 1.73 bits per heavy atom. The van der Waals surface area contributed by atoms with Crippen molar-refractivity contribution in [1.29, 1.82) is 0 Å². The van der Waals surface area contributed by atoms with Crippen molar-refractivity contribution in [2.45, 2.75) is 6.42 Å². The van der Waals surface area contributed by atoms with E-state index in [0.717, 1.165) is 17.9 Å². The van der Waals surface area contributed by atoms with Crippen molar-refractivity contribution in [3.8, 4) is 11.5 Å². The van der Waals surface area contributed by atoms with E-state index in [4.69, 9.17) is 4.74 Å². The van der Waals surface area contributed by atoms with Crippen LogP contribution in [-0.2, 0) is 0 Å². The summed E-state index contributed by atoms with van der Waals surface area (Å²) in [5.74, 6) is 1.71. The zero-order valence-corrected chi connectivity index (χ0v) is 21.4. The van der Waals surface area contributed by atoms with Crippen LogP contribution in [0.3, 0.4) is 0 Å². The summed E-state index contributed by atoms with van der Waals surface area (Å²) >= 11 is 0. The molecule has 178 valence electrons. The maximum Gasteiger partial charge on any atom is 0.128 e. The smallest absolute Gasteiger partial charge is 0.128 e. The molecule has 0 fully saturated rings. The van der Waals surface area contributed by atoms with E-state index >= 15 is 0 Å². The normalized spacial score (nSPS) is 12.8. The topological polar surface area (TPSA) is 9.23 Å². The van der Waals surface area contributed by atoms with Crippen molar-refractivity contribution in [2.24, 2.45) is 0 Å². The summed E-state index contributed by atoms with van der Waals surface area (Å²) in [5.41, 5.74) is 5.19. The Balaban J connectivity index is 1.49. The molecule has 0 saturated heterocycles. The van der Waals surface area contributed by atoms with Crippen molar-refractivity contribution in [3.05, 3.63) is 163 Å². The SMILES string of the molecule is C1=C(c2ccccc2)C=C(c2ccc(Oc3ccccc3)cc2P(c2ccccc2)c2ccccc2)C1. The summed E-state index contributed by atoms with van der Waals surface area (Å²) in [7, 11) is -0.786. The third-order valence-corrected chi connectivity index (χ3v) is 9.02. The van der Waals surface area contributed by atoms with Crippen LogP contribution in [0.5, 0.6) is 11.5 Å². The quantitative estimate of drug-likeness (QED) is 0.208. The first-order chi connectivity index (χ1) is 18.3. The summed E-state index contributed by atoms with van der Waals surface area (Å²) in [6.45, 7) is 0. The number of ether oxygens (including phenoxy) is 1. The van der Waals surface area contributed by atoms with Gasteiger partial charge in [-0.05, 0) is 76.8 Å². The number of para-hydroxylation sites is 1. The third-order valence-electron chi connectivity index (χ3n) is 6.54. The molecule has 0 radical (unpaired) electrons. The minimum atomic E-state index is -0.786. The van der Waals surface area contributed by atoms with Gasteiger partial charge in [-0.1, -0.05) is 127 Å². The molecule has 0 N–H and O–H groups in total. The van der Waals surface area contributed by atoms with Crippen LogP contribution >= 0.6 is 7.92 Å². The van der Waals surface area contributed by atoms with Gasteiger partial charge in [0.1, 0.15) is 11.5 Å². The molecule has 1 aliphatic carbocycles. The Labute approximate surface area is 220 Å². The van der Waals surface area contributed by atoms with Gasteiger partial charge in [-0.2, -0.15) is 0 Å². The Hall–Kier alpha value is -4.19. The molecule has 0 aromatic heterocycles. The monoisotopic (exact) mass is 494 g/mol. The van der Waals surface area contributed by atoms with Crippen molar-refractivity contribution in [3.63, 3.8) is 0 Å². The standard InChI is InChI=1S/C35H27OP/c1-5-13-27(14-6-1)28-21-22-29(25-28)34-24-23-31(36-30-15-7-2-8-16-30)26-35(34)37(32-17-9-3-10-18-32)33-19-11-4-12-20-33/h1-21,23-26H,22H2. The molecule has 0 heterocycles. The molecule has 0 saturated carbocycles. The number of allylic oxidation sites excluding steroid dienone is 4. The third kappa shape index (κ3) is 5.19. The zero-order valence-electron chi connectivity index (χ0n) is 20.5. The lowest BCUT2D eigenvalue weighted by Crippen LogP contribution is -2.23. The number of rotatable bonds is 7. The first-order valence-corrected chi connectivity index (χ1v) is 13.9. The fourth-order valence-electron chi connectivity index (χ4n) is 4.78. The van der Waals surface area contributed by atoms with E-state index in [1.807, 2.05) is 30.3 Å². The molecule has 1 aliphatic rings. The van der Waals surface area contributed by atoms with Crippen LogP contribution in [0.2, 0.25) is 0 Å². The van der Waals surface area contributed by atoms with Crippen molar-refractivity contribution in [2.75, 3.05) is 0 Å². The molecule has 0 spiro atoms. The molecule has 5 aromatic carbocycles. The molecule has 0 amide bonds. The molecule has 0 aliphatic heterocycles. The Bertz CT molecular complexity index is 1500. The van der Waals surface area contributed by atoms with Crippen LogP contribution in [-0.4, -0.2) is 0 Å². The zero-order chi connectivity index (χ0) is 24.9. The molecular formula is C35H27OP. The van der Waals surface area contributed by atoms with E-state index < -0.39 is 7.92 Å². The minimum Gasteiger partial charge on any atom is -0.457 e. The lowest BCUT2D eigenvalue weighted by molar-refractivity contribution is 0.483. The van der Waals surface area contributed by atoms with E-state index in [2.05, 4.69) is 121 Å². The van der Waals surface area contributed by atoms with Crippen LogP contribution in [0.15, 0.2) is 152 Å². The summed E-state index contributed by atoms with van der Waals surface area (Å²) in [6.07, 6.45) is 5.62. The van der Waals surface area contributed by atoms with Crippen LogP contribution < -0.4 is 20.7 Å². The summed E-state index contributed by atoms with van der Waals surface area (Å²) in [6, 6.07) is 49.0. The Morgan fingerprint density at radius 2 is 1.11 bits per heavy atom. The highest BCUT2D eigenvalue weighted by molar-refractivity contribution is 7.80. The first-order valence-electron chi connectivity index (χ1n) is 12.6. The van der Waals surface area contributed by atoms with Gasteiger partial charge in [0.15, 0.2) is 0 Å². The summed E-state index contributed by atoms with van der Waals surface area (Å²) in [5, 5.41) is 3.98. The molecule has 0 atom stereocenters. The second-order valence-electron chi connectivity index (χ2n) is 9.00. The predicted molar refractivity (Wildman–Crippen MR) is 159 cm³/mol. The van der Waals surface area contributed by atoms with Gasteiger partial charge in [0.05, 0.1) is 0 Å². The largest absolute Gasteiger partial charge is 0.457 e. The van der Waals surface area contributed by atoms with E-state index in [1.165, 1.54) is 38.2 Å². The summed E-state index contributed by atoms with van der Waals surface area (Å²) in [4.78, 5) is 0. The van der Waals surface area contributed by atoms with Gasteiger partial charge in [0.2, 0.25) is 0 Å². The van der Waals surface area contributed by atoms with Crippen LogP contribution in [0.25, 0.3) is 11.1 Å². The van der Waals surface area contributed by atoms with Crippen LogP contribution in [0.1, 0.15) is 17.5 Å². The van der Waals surface area contributed by atoms with Gasteiger partial charge in [0.25, 0.3) is 0 Å². The lowest BCUT2D eigenvalue weighted by atomic mass is 10.0. The van der Waals surface area contributed by atoms with Crippen LogP contribution in [0.4, 0.5) is 0 Å². The first kappa shape index (κ1) is 23.2. The van der Waals surface area contributed by atoms with Crippen molar-refractivity contribution < 1.29 is 4.74 Å².